The van der Waals surface area contributed by atoms with Crippen molar-refractivity contribution < 1.29 is 9.13 Å². The number of aromatic nitrogens is 2. The first-order valence-corrected chi connectivity index (χ1v) is 8.85. The third-order valence-electron chi connectivity index (χ3n) is 4.96. The third-order valence-corrected chi connectivity index (χ3v) is 4.96. The van der Waals surface area contributed by atoms with Crippen molar-refractivity contribution in [1.82, 2.24) is 9.55 Å². The summed E-state index contributed by atoms with van der Waals surface area (Å²) in [7, 11) is 1.42. The summed E-state index contributed by atoms with van der Waals surface area (Å²) in [5.41, 5.74) is 3.18. The fourth-order valence-electron chi connectivity index (χ4n) is 3.64. The molecule has 0 saturated heterocycles. The summed E-state index contributed by atoms with van der Waals surface area (Å²) in [5, 5.41) is 3.22. The van der Waals surface area contributed by atoms with Gasteiger partial charge in [-0.1, -0.05) is 30.3 Å². The Morgan fingerprint density at radius 3 is 2.74 bits per heavy atom. The van der Waals surface area contributed by atoms with Crippen LogP contribution in [0, 0.1) is 12.7 Å². The van der Waals surface area contributed by atoms with Crippen LogP contribution < -0.4 is 15.6 Å². The van der Waals surface area contributed by atoms with E-state index in [1.54, 1.807) is 19.1 Å². The molecular formula is C21H20FN3O2. The lowest BCUT2D eigenvalue weighted by Gasteiger charge is -2.21. The Hall–Kier alpha value is -3.15. The van der Waals surface area contributed by atoms with Gasteiger partial charge in [0.2, 0.25) is 5.95 Å². The first-order valence-electron chi connectivity index (χ1n) is 8.85. The zero-order valence-electron chi connectivity index (χ0n) is 15.2. The van der Waals surface area contributed by atoms with Gasteiger partial charge in [0.05, 0.1) is 13.2 Å². The Bertz CT molecular complexity index is 1050. The number of ether oxygens (including phenoxy) is 1. The molecule has 4 rings (SSSR count). The molecule has 6 heteroatoms. The van der Waals surface area contributed by atoms with Gasteiger partial charge < -0.3 is 14.6 Å². The zero-order valence-corrected chi connectivity index (χ0v) is 15.2. The summed E-state index contributed by atoms with van der Waals surface area (Å²) in [5.74, 6) is 0.175. The van der Waals surface area contributed by atoms with Crippen molar-refractivity contribution in [1.29, 1.82) is 0 Å². The number of anilines is 2. The van der Waals surface area contributed by atoms with Crippen molar-refractivity contribution in [3.05, 3.63) is 81.5 Å². The van der Waals surface area contributed by atoms with Gasteiger partial charge in [0, 0.05) is 23.5 Å². The van der Waals surface area contributed by atoms with Gasteiger partial charge in [-0.05, 0) is 37.0 Å². The van der Waals surface area contributed by atoms with E-state index in [-0.39, 0.29) is 17.4 Å². The van der Waals surface area contributed by atoms with Gasteiger partial charge in [0.1, 0.15) is 0 Å². The van der Waals surface area contributed by atoms with Crippen LogP contribution in [0.15, 0.2) is 53.3 Å². The average molecular weight is 365 g/mol. The summed E-state index contributed by atoms with van der Waals surface area (Å²) >= 11 is 0. The molecule has 1 aromatic heterocycles. The number of aryl methyl sites for hydroxylation is 2. The minimum atomic E-state index is -0.425. The summed E-state index contributed by atoms with van der Waals surface area (Å²) in [6.45, 7) is 1.80. The molecule has 0 bridgehead atoms. The molecule has 0 spiro atoms. The topological polar surface area (TPSA) is 56.1 Å². The van der Waals surface area contributed by atoms with Crippen LogP contribution in [0.3, 0.4) is 0 Å². The highest BCUT2D eigenvalue weighted by Crippen LogP contribution is 2.35. The number of benzene rings is 2. The molecule has 1 aliphatic rings. The fourth-order valence-corrected chi connectivity index (χ4v) is 3.64. The minimum Gasteiger partial charge on any atom is -0.494 e. The summed E-state index contributed by atoms with van der Waals surface area (Å²) in [4.78, 5) is 16.3. The van der Waals surface area contributed by atoms with Crippen molar-refractivity contribution in [2.75, 3.05) is 12.4 Å². The maximum Gasteiger partial charge on any atom is 0.274 e. The number of nitrogens with one attached hydrogen (secondary N) is 1. The number of fused-ring (bicyclic) bond motifs is 1. The van der Waals surface area contributed by atoms with Crippen molar-refractivity contribution in [2.45, 2.75) is 25.8 Å². The number of rotatable bonds is 4. The Labute approximate surface area is 156 Å². The van der Waals surface area contributed by atoms with Crippen LogP contribution in [0.4, 0.5) is 16.0 Å². The molecule has 0 saturated carbocycles. The van der Waals surface area contributed by atoms with Crippen molar-refractivity contribution in [3.63, 3.8) is 0 Å². The maximum atomic E-state index is 13.9. The molecule has 0 aliphatic carbocycles. The molecule has 0 fully saturated rings. The number of methoxy groups -OCH3 is 1. The van der Waals surface area contributed by atoms with E-state index in [2.05, 4.69) is 27.0 Å². The Kier molecular flexibility index (Phi) is 4.39. The monoisotopic (exact) mass is 365 g/mol. The smallest absolute Gasteiger partial charge is 0.274 e. The predicted molar refractivity (Wildman–Crippen MR) is 102 cm³/mol. The van der Waals surface area contributed by atoms with Crippen LogP contribution in [0.1, 0.15) is 29.3 Å². The first-order chi connectivity index (χ1) is 13.1. The first kappa shape index (κ1) is 17.3. The molecule has 2 aromatic carbocycles. The van der Waals surface area contributed by atoms with Crippen LogP contribution in [0.25, 0.3) is 0 Å². The molecule has 1 atom stereocenters. The molecule has 1 N–H and O–H groups in total. The predicted octanol–water partition coefficient (Wildman–Crippen LogP) is 3.98. The third kappa shape index (κ3) is 3.18. The van der Waals surface area contributed by atoms with E-state index in [9.17, 15) is 9.18 Å². The van der Waals surface area contributed by atoms with Gasteiger partial charge in [-0.2, -0.15) is 4.98 Å². The summed E-state index contributed by atoms with van der Waals surface area (Å²) < 4.78 is 21.1. The van der Waals surface area contributed by atoms with E-state index >= 15 is 0 Å². The van der Waals surface area contributed by atoms with Gasteiger partial charge in [0.15, 0.2) is 11.6 Å². The number of halogens is 1. The largest absolute Gasteiger partial charge is 0.494 e. The van der Waals surface area contributed by atoms with Crippen molar-refractivity contribution in [2.24, 2.45) is 0 Å². The summed E-state index contributed by atoms with van der Waals surface area (Å²) in [6.07, 6.45) is 1.70. The number of nitrogens with zero attached hydrogens (tertiary/aromatic N) is 2. The number of hydrogen-bond acceptors (Lipinski definition) is 4. The van der Waals surface area contributed by atoms with Gasteiger partial charge in [-0.15, -0.1) is 0 Å². The highest BCUT2D eigenvalue weighted by Gasteiger charge is 2.26. The quantitative estimate of drug-likeness (QED) is 0.760. The lowest BCUT2D eigenvalue weighted by molar-refractivity contribution is 0.386. The minimum absolute atomic E-state index is 0.0967. The Morgan fingerprint density at radius 2 is 2.00 bits per heavy atom. The molecule has 1 aliphatic heterocycles. The Balaban J connectivity index is 1.80. The molecular weight excluding hydrogens is 345 g/mol. The van der Waals surface area contributed by atoms with Crippen LogP contribution in [-0.2, 0) is 6.42 Å². The molecule has 5 nitrogen and oxygen atoms in total. The van der Waals surface area contributed by atoms with Crippen LogP contribution in [0.5, 0.6) is 5.75 Å². The maximum absolute atomic E-state index is 13.9. The van der Waals surface area contributed by atoms with E-state index in [0.717, 1.165) is 24.1 Å². The van der Waals surface area contributed by atoms with Crippen LogP contribution >= 0.6 is 0 Å². The van der Waals surface area contributed by atoms with E-state index in [4.69, 9.17) is 4.74 Å². The second kappa shape index (κ2) is 6.87. The van der Waals surface area contributed by atoms with Crippen molar-refractivity contribution >= 4 is 11.6 Å². The van der Waals surface area contributed by atoms with Crippen LogP contribution in [0.2, 0.25) is 0 Å². The lowest BCUT2D eigenvalue weighted by atomic mass is 10.1. The molecule has 138 valence electrons. The van der Waals surface area contributed by atoms with Gasteiger partial charge in [-0.3, -0.25) is 4.79 Å². The highest BCUT2D eigenvalue weighted by atomic mass is 19.1. The SMILES string of the molecule is COc1cc(Nc2nc(=O)cc3n2C(c2ccccc2)CC3)c(C)cc1F. The summed E-state index contributed by atoms with van der Waals surface area (Å²) in [6, 6.07) is 14.8. The normalized spacial score (nSPS) is 15.4. The van der Waals surface area contributed by atoms with Gasteiger partial charge in [-0.25, -0.2) is 4.39 Å². The number of hydrogen-bond donors (Lipinski definition) is 1. The molecule has 0 radical (unpaired) electrons. The molecule has 0 amide bonds. The molecule has 1 unspecified atom stereocenters. The van der Waals surface area contributed by atoms with E-state index < -0.39 is 5.82 Å². The lowest BCUT2D eigenvalue weighted by Crippen LogP contribution is -2.19. The molecule has 2 heterocycles. The second-order valence-electron chi connectivity index (χ2n) is 6.67. The van der Waals surface area contributed by atoms with E-state index in [1.165, 1.54) is 13.2 Å². The van der Waals surface area contributed by atoms with Crippen LogP contribution in [-0.4, -0.2) is 16.7 Å². The van der Waals surface area contributed by atoms with Crippen molar-refractivity contribution in [3.8, 4) is 5.75 Å². The molecule has 3 aromatic rings. The van der Waals surface area contributed by atoms with E-state index in [1.807, 2.05) is 18.2 Å². The second-order valence-corrected chi connectivity index (χ2v) is 6.67. The van der Waals surface area contributed by atoms with Gasteiger partial charge >= 0.3 is 0 Å². The fraction of sp³-hybridized carbons (Fsp3) is 0.238. The Morgan fingerprint density at radius 1 is 1.22 bits per heavy atom. The van der Waals surface area contributed by atoms with Gasteiger partial charge in [0.25, 0.3) is 5.56 Å². The standard InChI is InChI=1S/C21H20FN3O2/c1-13-10-16(22)19(27-2)12-17(13)23-21-24-20(26)11-15-8-9-18(25(15)21)14-6-4-3-5-7-14/h3-7,10-12,18H,8-9H2,1-2H3,(H,23,24,26). The highest BCUT2D eigenvalue weighted by molar-refractivity contribution is 5.62. The average Bonchev–Trinajstić information content (AvgIpc) is 3.08. The van der Waals surface area contributed by atoms with E-state index in [0.29, 0.717) is 17.2 Å². The molecule has 27 heavy (non-hydrogen) atoms. The zero-order chi connectivity index (χ0) is 19.0.